The van der Waals surface area contributed by atoms with Crippen molar-refractivity contribution in [1.82, 2.24) is 0 Å². The Balaban J connectivity index is 1.81. The van der Waals surface area contributed by atoms with Crippen LogP contribution in [0, 0.1) is 5.82 Å². The summed E-state index contributed by atoms with van der Waals surface area (Å²) < 4.78 is 19.6. The minimum atomic E-state index is -0.470. The van der Waals surface area contributed by atoms with Crippen LogP contribution in [0.25, 0.3) is 21.9 Å². The molecule has 0 radical (unpaired) electrons. The second-order valence-electron chi connectivity index (χ2n) is 6.86. The van der Waals surface area contributed by atoms with E-state index in [1.807, 2.05) is 45.9 Å². The largest absolute Gasteiger partial charge is 0.453 e. The van der Waals surface area contributed by atoms with E-state index in [1.165, 1.54) is 11.3 Å². The third-order valence-electron chi connectivity index (χ3n) is 4.72. The van der Waals surface area contributed by atoms with Crippen LogP contribution in [0.4, 0.5) is 10.1 Å². The first-order chi connectivity index (χ1) is 10.8. The lowest BCUT2D eigenvalue weighted by Crippen LogP contribution is -2.41. The van der Waals surface area contributed by atoms with E-state index in [1.54, 1.807) is 12.1 Å². The molecule has 0 aliphatic carbocycles. The molecule has 1 aliphatic rings. The molecule has 2 aromatic carbocycles. The van der Waals surface area contributed by atoms with Crippen molar-refractivity contribution < 1.29 is 18.5 Å². The number of fused-ring (bicyclic) bond motifs is 3. The van der Waals surface area contributed by atoms with E-state index in [2.05, 4.69) is 0 Å². The highest BCUT2D eigenvalue weighted by Gasteiger charge is 2.50. The van der Waals surface area contributed by atoms with Crippen molar-refractivity contribution in [1.29, 1.82) is 0 Å². The zero-order valence-corrected chi connectivity index (χ0v) is 13.5. The molecule has 2 heterocycles. The summed E-state index contributed by atoms with van der Waals surface area (Å²) in [5.41, 5.74) is 0.626. The molecule has 120 valence electrons. The summed E-state index contributed by atoms with van der Waals surface area (Å²) in [6, 6.07) is 10.5. The standard InChI is InChI=1S/C18H18FNO3/c1-17(2)18(3,4)23-20(22-17)11-8-9-12-13-6-5-7-14(19)16(13)21-15(12)10-11/h5-10H,1-4H3. The molecule has 3 aromatic rings. The molecular weight excluding hydrogens is 297 g/mol. The Hall–Kier alpha value is -2.11. The van der Waals surface area contributed by atoms with Crippen molar-refractivity contribution >= 4 is 27.6 Å². The minimum absolute atomic E-state index is 0.267. The predicted octanol–water partition coefficient (Wildman–Crippen LogP) is 4.97. The fourth-order valence-corrected chi connectivity index (χ4v) is 2.62. The fraction of sp³-hybridized carbons (Fsp3) is 0.333. The average Bonchev–Trinajstić information content (AvgIpc) is 2.94. The van der Waals surface area contributed by atoms with Crippen LogP contribution in [0.15, 0.2) is 40.8 Å². The highest BCUT2D eigenvalue weighted by atomic mass is 19.1. The minimum Gasteiger partial charge on any atom is -0.453 e. The van der Waals surface area contributed by atoms with Crippen molar-refractivity contribution in [3.05, 3.63) is 42.2 Å². The molecule has 4 nitrogen and oxygen atoms in total. The highest BCUT2D eigenvalue weighted by molar-refractivity contribution is 6.05. The Morgan fingerprint density at radius 1 is 0.913 bits per heavy atom. The summed E-state index contributed by atoms with van der Waals surface area (Å²) in [6.07, 6.45) is 0. The Bertz CT molecular complexity index is 897. The van der Waals surface area contributed by atoms with Crippen LogP contribution < -0.4 is 5.23 Å². The summed E-state index contributed by atoms with van der Waals surface area (Å²) in [6.45, 7) is 7.90. The van der Waals surface area contributed by atoms with Crippen LogP contribution in [-0.4, -0.2) is 11.2 Å². The molecular formula is C18H18FNO3. The SMILES string of the molecule is CC1(C)ON(c2ccc3c(c2)oc2c(F)cccc23)OC1(C)C. The number of furan rings is 1. The number of rotatable bonds is 1. The molecule has 0 amide bonds. The van der Waals surface area contributed by atoms with Gasteiger partial charge in [-0.1, -0.05) is 12.1 Å². The second-order valence-corrected chi connectivity index (χ2v) is 6.86. The molecule has 0 bridgehead atoms. The van der Waals surface area contributed by atoms with Gasteiger partial charge in [-0.3, -0.25) is 0 Å². The first kappa shape index (κ1) is 14.5. The Morgan fingerprint density at radius 3 is 2.30 bits per heavy atom. The number of hydrogen-bond donors (Lipinski definition) is 0. The van der Waals surface area contributed by atoms with Gasteiger partial charge in [-0.15, -0.1) is 5.23 Å². The zero-order chi connectivity index (χ0) is 16.4. The third-order valence-corrected chi connectivity index (χ3v) is 4.72. The van der Waals surface area contributed by atoms with Crippen molar-refractivity contribution in [2.75, 3.05) is 5.23 Å². The van der Waals surface area contributed by atoms with Gasteiger partial charge in [-0.05, 0) is 45.9 Å². The zero-order valence-electron chi connectivity index (χ0n) is 13.5. The Kier molecular flexibility index (Phi) is 2.81. The topological polar surface area (TPSA) is 34.8 Å². The summed E-state index contributed by atoms with van der Waals surface area (Å²) in [5.74, 6) is -0.365. The van der Waals surface area contributed by atoms with Crippen LogP contribution in [0.5, 0.6) is 0 Å². The molecule has 0 spiro atoms. The molecule has 4 rings (SSSR count). The number of halogens is 1. The molecule has 0 N–H and O–H groups in total. The van der Waals surface area contributed by atoms with Gasteiger partial charge in [-0.2, -0.15) is 0 Å². The summed E-state index contributed by atoms with van der Waals surface area (Å²) in [7, 11) is 0. The lowest BCUT2D eigenvalue weighted by atomic mass is 9.90. The molecule has 0 unspecified atom stereocenters. The van der Waals surface area contributed by atoms with Gasteiger partial charge in [0.1, 0.15) is 16.8 Å². The van der Waals surface area contributed by atoms with Crippen molar-refractivity contribution in [3.8, 4) is 0 Å². The van der Waals surface area contributed by atoms with E-state index < -0.39 is 11.2 Å². The van der Waals surface area contributed by atoms with E-state index in [-0.39, 0.29) is 11.4 Å². The van der Waals surface area contributed by atoms with Crippen molar-refractivity contribution in [3.63, 3.8) is 0 Å². The number of para-hydroxylation sites is 1. The van der Waals surface area contributed by atoms with Crippen LogP contribution in [0.3, 0.4) is 0 Å². The normalized spacial score (nSPS) is 19.8. The van der Waals surface area contributed by atoms with Gasteiger partial charge in [0.2, 0.25) is 0 Å². The molecule has 0 atom stereocenters. The van der Waals surface area contributed by atoms with E-state index >= 15 is 0 Å². The summed E-state index contributed by atoms with van der Waals surface area (Å²) >= 11 is 0. The summed E-state index contributed by atoms with van der Waals surface area (Å²) in [4.78, 5) is 11.8. The quantitative estimate of drug-likeness (QED) is 0.635. The Morgan fingerprint density at radius 2 is 1.61 bits per heavy atom. The summed E-state index contributed by atoms with van der Waals surface area (Å²) in [5, 5.41) is 3.03. The van der Waals surface area contributed by atoms with Crippen LogP contribution >= 0.6 is 0 Å². The highest BCUT2D eigenvalue weighted by Crippen LogP contribution is 2.41. The first-order valence-corrected chi connectivity index (χ1v) is 7.58. The predicted molar refractivity (Wildman–Crippen MR) is 86.5 cm³/mol. The smallest absolute Gasteiger partial charge is 0.171 e. The number of benzene rings is 2. The number of anilines is 1. The molecule has 1 aliphatic heterocycles. The monoisotopic (exact) mass is 315 g/mol. The van der Waals surface area contributed by atoms with E-state index in [0.717, 1.165) is 10.8 Å². The van der Waals surface area contributed by atoms with E-state index in [0.29, 0.717) is 11.3 Å². The van der Waals surface area contributed by atoms with Crippen LogP contribution in [0.1, 0.15) is 27.7 Å². The molecule has 23 heavy (non-hydrogen) atoms. The van der Waals surface area contributed by atoms with Gasteiger partial charge >= 0.3 is 0 Å². The van der Waals surface area contributed by atoms with Gasteiger partial charge in [0.05, 0.1) is 5.69 Å². The molecule has 1 aromatic heterocycles. The first-order valence-electron chi connectivity index (χ1n) is 7.58. The van der Waals surface area contributed by atoms with Crippen LogP contribution in [-0.2, 0) is 9.68 Å². The number of nitrogens with zero attached hydrogens (tertiary/aromatic N) is 1. The molecule has 1 fully saturated rings. The van der Waals surface area contributed by atoms with Crippen molar-refractivity contribution in [2.24, 2.45) is 0 Å². The van der Waals surface area contributed by atoms with E-state index in [4.69, 9.17) is 14.1 Å². The second kappa shape index (κ2) is 4.46. The van der Waals surface area contributed by atoms with Gasteiger partial charge in [0, 0.05) is 16.8 Å². The van der Waals surface area contributed by atoms with Crippen molar-refractivity contribution in [2.45, 2.75) is 38.9 Å². The molecule has 0 saturated carbocycles. The third kappa shape index (κ3) is 2.04. The van der Waals surface area contributed by atoms with Gasteiger partial charge < -0.3 is 4.42 Å². The molecule has 1 saturated heterocycles. The van der Waals surface area contributed by atoms with Gasteiger partial charge in [0.15, 0.2) is 11.4 Å². The van der Waals surface area contributed by atoms with Crippen LogP contribution in [0.2, 0.25) is 0 Å². The maximum absolute atomic E-state index is 13.9. The maximum Gasteiger partial charge on any atom is 0.171 e. The fourth-order valence-electron chi connectivity index (χ4n) is 2.62. The maximum atomic E-state index is 13.9. The lowest BCUT2D eigenvalue weighted by molar-refractivity contribution is -0.0272. The molecule has 5 heteroatoms. The Labute approximate surface area is 133 Å². The van der Waals surface area contributed by atoms with Gasteiger partial charge in [0.25, 0.3) is 0 Å². The van der Waals surface area contributed by atoms with Gasteiger partial charge in [-0.25, -0.2) is 14.1 Å². The lowest BCUT2D eigenvalue weighted by Gasteiger charge is -2.26. The number of hydrogen-bond acceptors (Lipinski definition) is 4. The average molecular weight is 315 g/mol. The van der Waals surface area contributed by atoms with E-state index in [9.17, 15) is 4.39 Å².